The van der Waals surface area contributed by atoms with Crippen LogP contribution < -0.4 is 5.32 Å². The SMILES string of the molecule is CCNCc1cc(S(=O)(=O)N2CCCC(OC)C2)c(Br)o1. The standard InChI is InChI=1S/C13H21BrN2O4S/c1-3-15-8-11-7-12(13(14)20-11)21(17,18)16-6-4-5-10(9-16)19-2/h7,10,15H,3-6,8-9H2,1-2H3. The van der Waals surface area contributed by atoms with E-state index < -0.39 is 10.0 Å². The van der Waals surface area contributed by atoms with Gasteiger partial charge in [-0.2, -0.15) is 4.31 Å². The number of hydrogen-bond donors (Lipinski definition) is 1. The lowest BCUT2D eigenvalue weighted by Crippen LogP contribution is -2.42. The van der Waals surface area contributed by atoms with Crippen molar-refractivity contribution in [2.75, 3.05) is 26.7 Å². The van der Waals surface area contributed by atoms with Crippen LogP contribution in [0.3, 0.4) is 0 Å². The number of piperidine rings is 1. The number of halogens is 1. The van der Waals surface area contributed by atoms with Crippen LogP contribution in [-0.2, 0) is 21.3 Å². The first kappa shape index (κ1) is 17.0. The molecule has 1 aliphatic heterocycles. The van der Waals surface area contributed by atoms with E-state index in [0.29, 0.717) is 25.4 Å². The highest BCUT2D eigenvalue weighted by molar-refractivity contribution is 9.10. The van der Waals surface area contributed by atoms with Gasteiger partial charge >= 0.3 is 0 Å². The van der Waals surface area contributed by atoms with Gasteiger partial charge in [-0.15, -0.1) is 0 Å². The van der Waals surface area contributed by atoms with E-state index in [9.17, 15) is 8.42 Å². The second kappa shape index (κ2) is 7.23. The minimum atomic E-state index is -3.55. The second-order valence-electron chi connectivity index (χ2n) is 4.99. The summed E-state index contributed by atoms with van der Waals surface area (Å²) in [5.41, 5.74) is 0. The fourth-order valence-corrected chi connectivity index (χ4v) is 4.83. The van der Waals surface area contributed by atoms with Crippen molar-refractivity contribution in [1.29, 1.82) is 0 Å². The van der Waals surface area contributed by atoms with Crippen molar-refractivity contribution in [3.63, 3.8) is 0 Å². The van der Waals surface area contributed by atoms with E-state index in [0.717, 1.165) is 19.4 Å². The molecule has 1 atom stereocenters. The summed E-state index contributed by atoms with van der Waals surface area (Å²) in [6.07, 6.45) is 1.65. The fourth-order valence-electron chi connectivity index (χ4n) is 2.36. The Hall–Kier alpha value is -0.410. The van der Waals surface area contributed by atoms with Crippen molar-refractivity contribution >= 4 is 26.0 Å². The molecule has 0 aliphatic carbocycles. The lowest BCUT2D eigenvalue weighted by molar-refractivity contribution is 0.0571. The fraction of sp³-hybridized carbons (Fsp3) is 0.692. The minimum Gasteiger partial charge on any atom is -0.452 e. The molecule has 1 N–H and O–H groups in total. The molecule has 0 spiro atoms. The van der Waals surface area contributed by atoms with Gasteiger partial charge in [0.05, 0.1) is 12.6 Å². The predicted octanol–water partition coefficient (Wildman–Crippen LogP) is 1.95. The first-order valence-corrected chi connectivity index (χ1v) is 9.24. The van der Waals surface area contributed by atoms with E-state index in [1.165, 1.54) is 4.31 Å². The van der Waals surface area contributed by atoms with Crippen molar-refractivity contribution in [3.05, 3.63) is 16.5 Å². The third-order valence-corrected chi connectivity index (χ3v) is 6.27. The van der Waals surface area contributed by atoms with Gasteiger partial charge in [0.15, 0.2) is 4.67 Å². The number of nitrogens with zero attached hydrogens (tertiary/aromatic N) is 1. The van der Waals surface area contributed by atoms with Crippen LogP contribution >= 0.6 is 15.9 Å². The first-order valence-electron chi connectivity index (χ1n) is 7.01. The van der Waals surface area contributed by atoms with Crippen molar-refractivity contribution in [2.45, 2.75) is 37.3 Å². The number of sulfonamides is 1. The first-order chi connectivity index (χ1) is 9.98. The van der Waals surface area contributed by atoms with Gasteiger partial charge in [0.1, 0.15) is 10.7 Å². The van der Waals surface area contributed by atoms with E-state index in [2.05, 4.69) is 21.2 Å². The Labute approximate surface area is 134 Å². The number of methoxy groups -OCH3 is 1. The molecule has 1 aromatic rings. The maximum absolute atomic E-state index is 12.7. The average molecular weight is 381 g/mol. The lowest BCUT2D eigenvalue weighted by Gasteiger charge is -2.30. The van der Waals surface area contributed by atoms with Gasteiger partial charge < -0.3 is 14.5 Å². The molecule has 0 radical (unpaired) electrons. The number of rotatable bonds is 6. The molecule has 8 heteroatoms. The van der Waals surface area contributed by atoms with Crippen LogP contribution in [0.15, 0.2) is 20.0 Å². The van der Waals surface area contributed by atoms with Crippen LogP contribution in [0.2, 0.25) is 0 Å². The van der Waals surface area contributed by atoms with Gasteiger partial charge in [-0.25, -0.2) is 8.42 Å². The normalized spacial score (nSPS) is 20.8. The molecular formula is C13H21BrN2O4S. The molecule has 0 bridgehead atoms. The maximum atomic E-state index is 12.7. The minimum absolute atomic E-state index is 0.0413. The number of hydrogen-bond acceptors (Lipinski definition) is 5. The molecule has 1 aliphatic rings. The maximum Gasteiger partial charge on any atom is 0.247 e. The molecular weight excluding hydrogens is 360 g/mol. The molecule has 6 nitrogen and oxygen atoms in total. The van der Waals surface area contributed by atoms with Crippen molar-refractivity contribution < 1.29 is 17.6 Å². The molecule has 2 heterocycles. The van der Waals surface area contributed by atoms with Gasteiger partial charge in [-0.1, -0.05) is 6.92 Å². The van der Waals surface area contributed by atoms with E-state index >= 15 is 0 Å². The third kappa shape index (κ3) is 3.87. The molecule has 1 aromatic heterocycles. The summed E-state index contributed by atoms with van der Waals surface area (Å²) in [6.45, 7) is 4.18. The average Bonchev–Trinajstić information content (AvgIpc) is 2.87. The molecule has 0 saturated carbocycles. The van der Waals surface area contributed by atoms with E-state index in [1.54, 1.807) is 13.2 Å². The molecule has 1 saturated heterocycles. The van der Waals surface area contributed by atoms with Gasteiger partial charge in [0, 0.05) is 26.3 Å². The smallest absolute Gasteiger partial charge is 0.247 e. The van der Waals surface area contributed by atoms with Crippen LogP contribution in [0.5, 0.6) is 0 Å². The highest BCUT2D eigenvalue weighted by atomic mass is 79.9. The number of furan rings is 1. The van der Waals surface area contributed by atoms with Gasteiger partial charge in [0.2, 0.25) is 10.0 Å². The van der Waals surface area contributed by atoms with Gasteiger partial charge in [-0.3, -0.25) is 0 Å². The Morgan fingerprint density at radius 2 is 2.33 bits per heavy atom. The lowest BCUT2D eigenvalue weighted by atomic mass is 10.1. The van der Waals surface area contributed by atoms with E-state index in [4.69, 9.17) is 9.15 Å². The van der Waals surface area contributed by atoms with Crippen LogP contribution in [0, 0.1) is 0 Å². The van der Waals surface area contributed by atoms with Crippen molar-refractivity contribution in [3.8, 4) is 0 Å². The molecule has 0 amide bonds. The molecule has 0 aromatic carbocycles. The summed E-state index contributed by atoms with van der Waals surface area (Å²) >= 11 is 3.21. The Balaban J connectivity index is 2.20. The summed E-state index contributed by atoms with van der Waals surface area (Å²) in [5.74, 6) is 0.600. The molecule has 120 valence electrons. The molecule has 21 heavy (non-hydrogen) atoms. The Bertz CT molecular complexity index is 573. The predicted molar refractivity (Wildman–Crippen MR) is 82.6 cm³/mol. The molecule has 2 rings (SSSR count). The second-order valence-corrected chi connectivity index (χ2v) is 7.62. The Kier molecular flexibility index (Phi) is 5.84. The Morgan fingerprint density at radius 3 is 3.00 bits per heavy atom. The zero-order valence-corrected chi connectivity index (χ0v) is 14.7. The number of nitrogens with one attached hydrogen (secondary N) is 1. The number of ether oxygens (including phenoxy) is 1. The zero-order valence-electron chi connectivity index (χ0n) is 12.3. The van der Waals surface area contributed by atoms with Crippen LogP contribution in [0.4, 0.5) is 0 Å². The highest BCUT2D eigenvalue weighted by Crippen LogP contribution is 2.30. The zero-order chi connectivity index (χ0) is 15.5. The quantitative estimate of drug-likeness (QED) is 0.816. The van der Waals surface area contributed by atoms with Gasteiger partial charge in [-0.05, 0) is 35.3 Å². The highest BCUT2D eigenvalue weighted by Gasteiger charge is 2.33. The van der Waals surface area contributed by atoms with E-state index in [-0.39, 0.29) is 15.7 Å². The molecule has 1 unspecified atom stereocenters. The summed E-state index contributed by atoms with van der Waals surface area (Å²) < 4.78 is 37.9. The van der Waals surface area contributed by atoms with Gasteiger partial charge in [0.25, 0.3) is 0 Å². The van der Waals surface area contributed by atoms with Crippen LogP contribution in [0.25, 0.3) is 0 Å². The van der Waals surface area contributed by atoms with E-state index in [1.807, 2.05) is 6.92 Å². The molecule has 1 fully saturated rings. The monoisotopic (exact) mass is 380 g/mol. The van der Waals surface area contributed by atoms with Crippen molar-refractivity contribution in [1.82, 2.24) is 9.62 Å². The van der Waals surface area contributed by atoms with Crippen LogP contribution in [-0.4, -0.2) is 45.6 Å². The van der Waals surface area contributed by atoms with Crippen LogP contribution in [0.1, 0.15) is 25.5 Å². The summed E-state index contributed by atoms with van der Waals surface area (Å²) in [6, 6.07) is 1.58. The largest absolute Gasteiger partial charge is 0.452 e. The summed E-state index contributed by atoms with van der Waals surface area (Å²) in [5, 5.41) is 3.11. The topological polar surface area (TPSA) is 71.8 Å². The summed E-state index contributed by atoms with van der Waals surface area (Å²) in [4.78, 5) is 0.187. The third-order valence-electron chi connectivity index (χ3n) is 3.55. The van der Waals surface area contributed by atoms with Crippen molar-refractivity contribution in [2.24, 2.45) is 0 Å². The summed E-state index contributed by atoms with van der Waals surface area (Å²) in [7, 11) is -1.94. The Morgan fingerprint density at radius 1 is 1.57 bits per heavy atom.